The second-order valence-electron chi connectivity index (χ2n) is 6.60. The van der Waals surface area contributed by atoms with Crippen LogP contribution in [0.25, 0.3) is 0 Å². The number of hydrogen-bond donors (Lipinski definition) is 3. The first-order chi connectivity index (χ1) is 8.40. The van der Waals surface area contributed by atoms with Crippen molar-refractivity contribution in [1.29, 1.82) is 0 Å². The Hall–Kier alpha value is -0.160. The lowest BCUT2D eigenvalue weighted by atomic mass is 9.89. The summed E-state index contributed by atoms with van der Waals surface area (Å²) in [7, 11) is 0. The van der Waals surface area contributed by atoms with E-state index < -0.39 is 12.6 Å². The van der Waals surface area contributed by atoms with Crippen LogP contribution in [0.1, 0.15) is 68.2 Å². The molecule has 0 amide bonds. The molecule has 19 heavy (non-hydrogen) atoms. The molecular weight excluding hydrogens is 244 g/mol. The van der Waals surface area contributed by atoms with Gasteiger partial charge in [0.05, 0.1) is 6.10 Å². The van der Waals surface area contributed by atoms with Gasteiger partial charge in [-0.05, 0) is 26.7 Å². The van der Waals surface area contributed by atoms with E-state index in [0.717, 1.165) is 12.8 Å². The van der Waals surface area contributed by atoms with E-state index in [9.17, 15) is 5.11 Å². The van der Waals surface area contributed by atoms with E-state index in [1.54, 1.807) is 0 Å². The smallest absolute Gasteiger partial charge is 0.159 e. The summed E-state index contributed by atoms with van der Waals surface area (Å²) in [6.07, 6.45) is -0.0400. The Balaban J connectivity index is 0. The number of ether oxygens (including phenoxy) is 1. The highest BCUT2D eigenvalue weighted by Gasteiger charge is 2.27. The normalized spacial score (nSPS) is 14.4. The van der Waals surface area contributed by atoms with Crippen molar-refractivity contribution in [1.82, 2.24) is 0 Å². The van der Waals surface area contributed by atoms with Gasteiger partial charge in [-0.25, -0.2) is 0 Å². The summed E-state index contributed by atoms with van der Waals surface area (Å²) in [5.74, 6) is 0. The van der Waals surface area contributed by atoms with Crippen LogP contribution in [0.5, 0.6) is 0 Å². The Kier molecular flexibility index (Phi) is 9.91. The zero-order valence-electron chi connectivity index (χ0n) is 13.9. The predicted molar refractivity (Wildman–Crippen MR) is 78.6 cm³/mol. The van der Waals surface area contributed by atoms with Crippen LogP contribution in [-0.4, -0.2) is 34.0 Å². The highest BCUT2D eigenvalue weighted by Crippen LogP contribution is 2.26. The number of aliphatic hydroxyl groups is 3. The summed E-state index contributed by atoms with van der Waals surface area (Å²) in [4.78, 5) is 0. The molecule has 0 aromatic rings. The minimum atomic E-state index is -1.19. The predicted octanol–water partition coefficient (Wildman–Crippen LogP) is 2.90. The molecule has 4 nitrogen and oxygen atoms in total. The standard InChI is InChI=1S/C9H20O2.C6H14O2/c1-6-9(4,5)8(10)11-7(2)3;1-4-6(2,3)5(7)8/h7-8,10H,6H2,1-5H3;5,7-8H,4H2,1-3H3. The number of rotatable bonds is 6. The molecule has 118 valence electrons. The van der Waals surface area contributed by atoms with Crippen LogP contribution >= 0.6 is 0 Å². The van der Waals surface area contributed by atoms with E-state index in [2.05, 4.69) is 0 Å². The lowest BCUT2D eigenvalue weighted by Crippen LogP contribution is -2.33. The third-order valence-electron chi connectivity index (χ3n) is 3.59. The molecule has 3 N–H and O–H groups in total. The molecule has 0 bridgehead atoms. The summed E-state index contributed by atoms with van der Waals surface area (Å²) in [5, 5.41) is 26.8. The maximum Gasteiger partial charge on any atom is 0.159 e. The van der Waals surface area contributed by atoms with Crippen LogP contribution in [-0.2, 0) is 4.74 Å². The third kappa shape index (κ3) is 9.38. The van der Waals surface area contributed by atoms with Crippen molar-refractivity contribution in [3.63, 3.8) is 0 Å². The molecule has 1 atom stereocenters. The van der Waals surface area contributed by atoms with E-state index in [-0.39, 0.29) is 16.9 Å². The Bertz CT molecular complexity index is 222. The second-order valence-corrected chi connectivity index (χ2v) is 6.60. The first kappa shape index (κ1) is 21.1. The molecule has 0 fully saturated rings. The van der Waals surface area contributed by atoms with E-state index in [0.29, 0.717) is 0 Å². The van der Waals surface area contributed by atoms with Crippen LogP contribution in [0.2, 0.25) is 0 Å². The zero-order valence-corrected chi connectivity index (χ0v) is 13.9. The Morgan fingerprint density at radius 3 is 1.37 bits per heavy atom. The Morgan fingerprint density at radius 2 is 1.21 bits per heavy atom. The molecule has 0 heterocycles. The lowest BCUT2D eigenvalue weighted by Gasteiger charge is -2.30. The maximum atomic E-state index is 9.53. The molecule has 0 saturated carbocycles. The molecule has 0 aromatic carbocycles. The summed E-state index contributed by atoms with van der Waals surface area (Å²) < 4.78 is 5.26. The van der Waals surface area contributed by atoms with Gasteiger partial charge >= 0.3 is 0 Å². The molecular formula is C15H34O4. The quantitative estimate of drug-likeness (QED) is 0.653. The molecule has 4 heteroatoms. The van der Waals surface area contributed by atoms with Gasteiger partial charge in [0.2, 0.25) is 0 Å². The van der Waals surface area contributed by atoms with Gasteiger partial charge in [0.25, 0.3) is 0 Å². The highest BCUT2D eigenvalue weighted by atomic mass is 16.6. The van der Waals surface area contributed by atoms with Crippen molar-refractivity contribution < 1.29 is 20.1 Å². The van der Waals surface area contributed by atoms with Gasteiger partial charge in [-0.1, -0.05) is 41.5 Å². The van der Waals surface area contributed by atoms with Gasteiger partial charge in [-0.2, -0.15) is 0 Å². The second kappa shape index (κ2) is 8.90. The summed E-state index contributed by atoms with van der Waals surface area (Å²) in [5.41, 5.74) is -0.482. The largest absolute Gasteiger partial charge is 0.368 e. The molecule has 0 spiro atoms. The average molecular weight is 278 g/mol. The summed E-state index contributed by atoms with van der Waals surface area (Å²) >= 11 is 0. The van der Waals surface area contributed by atoms with Crippen LogP contribution in [0.15, 0.2) is 0 Å². The number of hydrogen-bond acceptors (Lipinski definition) is 4. The lowest BCUT2D eigenvalue weighted by molar-refractivity contribution is -0.185. The van der Waals surface area contributed by atoms with Crippen LogP contribution in [0.4, 0.5) is 0 Å². The van der Waals surface area contributed by atoms with Crippen LogP contribution in [0, 0.1) is 10.8 Å². The number of aliphatic hydroxyl groups excluding tert-OH is 2. The van der Waals surface area contributed by atoms with Gasteiger partial charge in [0.1, 0.15) is 0 Å². The minimum absolute atomic E-state index is 0.0934. The topological polar surface area (TPSA) is 69.9 Å². The van der Waals surface area contributed by atoms with Gasteiger partial charge in [0, 0.05) is 10.8 Å². The fourth-order valence-corrected chi connectivity index (χ4v) is 0.799. The zero-order chi connectivity index (χ0) is 15.9. The van der Waals surface area contributed by atoms with Gasteiger partial charge in [0.15, 0.2) is 12.6 Å². The van der Waals surface area contributed by atoms with Crippen molar-refractivity contribution in [2.24, 2.45) is 10.8 Å². The molecule has 0 radical (unpaired) electrons. The first-order valence-corrected chi connectivity index (χ1v) is 7.10. The van der Waals surface area contributed by atoms with E-state index in [1.807, 2.05) is 55.4 Å². The van der Waals surface area contributed by atoms with E-state index in [1.165, 1.54) is 0 Å². The summed E-state index contributed by atoms with van der Waals surface area (Å²) in [6, 6.07) is 0. The monoisotopic (exact) mass is 278 g/mol. The Morgan fingerprint density at radius 1 is 0.842 bits per heavy atom. The molecule has 0 aromatic heterocycles. The average Bonchev–Trinajstić information content (AvgIpc) is 2.28. The first-order valence-electron chi connectivity index (χ1n) is 7.10. The molecule has 1 unspecified atom stereocenters. The van der Waals surface area contributed by atoms with E-state index in [4.69, 9.17) is 14.9 Å². The maximum absolute atomic E-state index is 9.53. The van der Waals surface area contributed by atoms with Gasteiger partial charge in [-0.15, -0.1) is 0 Å². The molecule has 0 aliphatic rings. The van der Waals surface area contributed by atoms with Gasteiger partial charge in [-0.3, -0.25) is 0 Å². The van der Waals surface area contributed by atoms with Gasteiger partial charge < -0.3 is 20.1 Å². The van der Waals surface area contributed by atoms with Crippen molar-refractivity contribution in [3.8, 4) is 0 Å². The van der Waals surface area contributed by atoms with Crippen molar-refractivity contribution in [2.45, 2.75) is 86.9 Å². The summed E-state index contributed by atoms with van der Waals surface area (Å²) in [6.45, 7) is 15.5. The fourth-order valence-electron chi connectivity index (χ4n) is 0.799. The van der Waals surface area contributed by atoms with Crippen LogP contribution in [0.3, 0.4) is 0 Å². The minimum Gasteiger partial charge on any atom is -0.368 e. The van der Waals surface area contributed by atoms with Crippen molar-refractivity contribution in [2.75, 3.05) is 0 Å². The molecule has 0 rings (SSSR count). The highest BCUT2D eigenvalue weighted by molar-refractivity contribution is 4.69. The third-order valence-corrected chi connectivity index (χ3v) is 3.59. The van der Waals surface area contributed by atoms with Crippen molar-refractivity contribution in [3.05, 3.63) is 0 Å². The molecule has 0 aliphatic carbocycles. The molecule has 0 aliphatic heterocycles. The molecule has 0 saturated heterocycles. The van der Waals surface area contributed by atoms with Crippen LogP contribution < -0.4 is 0 Å². The van der Waals surface area contributed by atoms with E-state index >= 15 is 0 Å². The van der Waals surface area contributed by atoms with Crippen molar-refractivity contribution >= 4 is 0 Å². The fraction of sp³-hybridized carbons (Fsp3) is 1.00. The SMILES string of the molecule is CCC(C)(C)C(O)O.CCC(C)(C)C(O)OC(C)C. The Labute approximate surface area is 118 Å².